The number of amides is 1. The van der Waals surface area contributed by atoms with Crippen molar-refractivity contribution in [2.45, 2.75) is 185 Å². The topological polar surface area (TPSA) is 215 Å². The molecule has 316 valence electrons. The van der Waals surface area contributed by atoms with E-state index in [1.165, 1.54) is 21.1 Å². The van der Waals surface area contributed by atoms with Crippen molar-refractivity contribution in [1.82, 2.24) is 10.2 Å². The zero-order chi connectivity index (χ0) is 41.1. The molecule has 18 atom stereocenters. The van der Waals surface area contributed by atoms with Crippen molar-refractivity contribution in [2.24, 2.45) is 17.8 Å². The Labute approximate surface area is 321 Å². The van der Waals surface area contributed by atoms with E-state index in [9.17, 15) is 35.1 Å². The van der Waals surface area contributed by atoms with Crippen molar-refractivity contribution < 1.29 is 68.3 Å². The van der Waals surface area contributed by atoms with Crippen LogP contribution < -0.4 is 5.32 Å². The van der Waals surface area contributed by atoms with E-state index >= 15 is 0 Å². The zero-order valence-electron chi connectivity index (χ0n) is 34.6. The molecule has 0 aliphatic carbocycles. The zero-order valence-corrected chi connectivity index (χ0v) is 34.6. The van der Waals surface area contributed by atoms with Crippen LogP contribution in [-0.4, -0.2) is 161 Å². The smallest absolute Gasteiger partial charge is 0.407 e. The van der Waals surface area contributed by atoms with Crippen LogP contribution in [0.15, 0.2) is 0 Å². The number of aliphatic hydroxyl groups is 5. The van der Waals surface area contributed by atoms with Gasteiger partial charge in [-0.15, -0.1) is 0 Å². The van der Waals surface area contributed by atoms with E-state index in [1.807, 2.05) is 11.8 Å². The van der Waals surface area contributed by atoms with Crippen LogP contribution in [0.1, 0.15) is 94.9 Å². The van der Waals surface area contributed by atoms with Crippen molar-refractivity contribution in [3.05, 3.63) is 0 Å². The van der Waals surface area contributed by atoms with Crippen LogP contribution in [0.2, 0.25) is 0 Å². The number of nitrogens with one attached hydrogen (secondary N) is 1. The minimum atomic E-state index is -1.83. The predicted molar refractivity (Wildman–Crippen MR) is 196 cm³/mol. The van der Waals surface area contributed by atoms with Crippen molar-refractivity contribution in [3.63, 3.8) is 0 Å². The van der Waals surface area contributed by atoms with Crippen LogP contribution in [0.5, 0.6) is 0 Å². The van der Waals surface area contributed by atoms with Gasteiger partial charge < -0.3 is 68.9 Å². The lowest BCUT2D eigenvalue weighted by Gasteiger charge is -2.48. The van der Waals surface area contributed by atoms with Gasteiger partial charge in [-0.2, -0.15) is 0 Å². The number of cyclic esters (lactones) is 1. The quantitative estimate of drug-likeness (QED) is 0.203. The Kier molecular flexibility index (Phi) is 16.2. The van der Waals surface area contributed by atoms with Gasteiger partial charge in [0.2, 0.25) is 0 Å². The highest BCUT2D eigenvalue weighted by Gasteiger charge is 2.52. The fraction of sp³-hybridized carbons (Fsp3) is 0.947. The second-order valence-corrected chi connectivity index (χ2v) is 16.9. The maximum atomic E-state index is 14.2. The number of nitrogens with zero attached hydrogens (tertiary/aromatic N) is 1. The first-order valence-electron chi connectivity index (χ1n) is 19.3. The normalized spacial score (nSPS) is 47.9. The highest BCUT2D eigenvalue weighted by molar-refractivity contribution is 5.73. The van der Waals surface area contributed by atoms with E-state index in [2.05, 4.69) is 5.32 Å². The number of rotatable bonds is 7. The van der Waals surface area contributed by atoms with Gasteiger partial charge in [-0.25, -0.2) is 4.79 Å². The summed E-state index contributed by atoms with van der Waals surface area (Å²) < 4.78 is 42.0. The highest BCUT2D eigenvalue weighted by Crippen LogP contribution is 2.40. The molecular formula is C38H70N2O14. The molecule has 3 fully saturated rings. The van der Waals surface area contributed by atoms with E-state index in [0.29, 0.717) is 6.54 Å². The first-order valence-corrected chi connectivity index (χ1v) is 19.3. The van der Waals surface area contributed by atoms with Crippen LogP contribution in [0.3, 0.4) is 0 Å². The molecule has 0 unspecified atom stereocenters. The van der Waals surface area contributed by atoms with E-state index in [1.54, 1.807) is 62.4 Å². The number of carbonyl (C=O) groups excluding carboxylic acids is 2. The van der Waals surface area contributed by atoms with Crippen molar-refractivity contribution in [2.75, 3.05) is 27.8 Å². The molecule has 0 radical (unpaired) electrons. The van der Waals surface area contributed by atoms with Gasteiger partial charge in [0.1, 0.15) is 30.0 Å². The minimum absolute atomic E-state index is 0.0878. The van der Waals surface area contributed by atoms with Gasteiger partial charge in [-0.1, -0.05) is 20.8 Å². The summed E-state index contributed by atoms with van der Waals surface area (Å²) in [5, 5.41) is 60.7. The van der Waals surface area contributed by atoms with Crippen LogP contribution in [-0.2, 0) is 38.0 Å². The molecule has 0 saturated carbocycles. The minimum Gasteiger partial charge on any atom is -0.459 e. The van der Waals surface area contributed by atoms with Gasteiger partial charge in [-0.05, 0) is 80.7 Å². The second kappa shape index (κ2) is 18.7. The highest BCUT2D eigenvalue weighted by atomic mass is 16.7. The van der Waals surface area contributed by atoms with Crippen molar-refractivity contribution >= 4 is 12.1 Å². The molecule has 1 amide bonds. The lowest BCUT2D eigenvalue weighted by atomic mass is 9.77. The fourth-order valence-electron chi connectivity index (χ4n) is 8.60. The van der Waals surface area contributed by atoms with Gasteiger partial charge >= 0.3 is 12.1 Å². The SMILES string of the molecule is CC[C@H]1OC(=O)[C@H](C)[C@@H](O[C@H]2C[C@@](C)(OC)[C@@H](O)[C@H](C)O2)[C@H](C)[C@@H](O[C@@H]2O[C@H](C)C[C@H](NC(=O)OC)[C@H]2O)[C@](C)(O)C[C@@H](C)CN(C)[C@H](C)[C@@H](O)[C@]1(C)O. The number of hydrogen-bond acceptors (Lipinski definition) is 15. The molecule has 0 spiro atoms. The predicted octanol–water partition coefficient (Wildman–Crippen LogP) is 1.70. The van der Waals surface area contributed by atoms with Crippen molar-refractivity contribution in [3.8, 4) is 0 Å². The Morgan fingerprint density at radius 2 is 1.59 bits per heavy atom. The first kappa shape index (κ1) is 46.7. The Bertz CT molecular complexity index is 1220. The maximum Gasteiger partial charge on any atom is 0.407 e. The maximum absolute atomic E-state index is 14.2. The third kappa shape index (κ3) is 10.6. The molecule has 0 aromatic heterocycles. The average molecular weight is 779 g/mol. The van der Waals surface area contributed by atoms with Gasteiger partial charge in [0.05, 0.1) is 54.7 Å². The number of ether oxygens (including phenoxy) is 7. The van der Waals surface area contributed by atoms with Gasteiger partial charge in [0.15, 0.2) is 12.6 Å². The summed E-state index contributed by atoms with van der Waals surface area (Å²) in [5.74, 6) is -2.86. The van der Waals surface area contributed by atoms with E-state index in [-0.39, 0.29) is 31.6 Å². The summed E-state index contributed by atoms with van der Waals surface area (Å²) in [4.78, 5) is 28.3. The number of carbonyl (C=O) groups is 2. The summed E-state index contributed by atoms with van der Waals surface area (Å²) in [6.07, 6.45) is -10.6. The molecule has 54 heavy (non-hydrogen) atoms. The monoisotopic (exact) mass is 778 g/mol. The van der Waals surface area contributed by atoms with Crippen molar-refractivity contribution in [1.29, 1.82) is 0 Å². The van der Waals surface area contributed by atoms with E-state index in [4.69, 9.17) is 33.2 Å². The standard InChI is InChI=1S/C38H70N2O14/c1-14-26-38(10,47)30(42)23(6)40(11)18-19(2)16-36(8,46)32(54-34-28(41)25(15-20(3)50-34)39-35(45)48-12)21(4)29(22(5)33(44)52-26)53-27-17-37(9,49-13)31(43)24(7)51-27/h19-32,34,41-43,46-47H,14-18H2,1-13H3,(H,39,45)/t19-,20-,21+,22-,23-,24+,25+,26-,27+,28-,29+,30-,31+,32-,34+,36-,37-,38-/m1/s1. The number of aliphatic hydroxyl groups excluding tert-OH is 3. The largest absolute Gasteiger partial charge is 0.459 e. The number of alkyl carbamates (subject to hydrolysis) is 1. The number of hydrogen-bond donors (Lipinski definition) is 6. The fourth-order valence-corrected chi connectivity index (χ4v) is 8.60. The molecule has 6 N–H and O–H groups in total. The number of methoxy groups -OCH3 is 2. The van der Waals surface area contributed by atoms with Gasteiger partial charge in [-0.3, -0.25) is 4.79 Å². The molecule has 3 aliphatic rings. The molecule has 16 heteroatoms. The lowest BCUT2D eigenvalue weighted by Crippen LogP contribution is -2.61. The van der Waals surface area contributed by atoms with Crippen LogP contribution >= 0.6 is 0 Å². The Morgan fingerprint density at radius 1 is 0.963 bits per heavy atom. The molecule has 3 rings (SSSR count). The summed E-state index contributed by atoms with van der Waals surface area (Å²) in [5.41, 5.74) is -4.55. The third-order valence-corrected chi connectivity index (χ3v) is 12.1. The molecule has 3 aliphatic heterocycles. The summed E-state index contributed by atoms with van der Waals surface area (Å²) >= 11 is 0. The number of esters is 1. The molecule has 3 heterocycles. The third-order valence-electron chi connectivity index (χ3n) is 12.1. The number of likely N-dealkylation sites (N-methyl/N-ethyl adjacent to an activating group) is 1. The lowest BCUT2D eigenvalue weighted by molar-refractivity contribution is -0.315. The summed E-state index contributed by atoms with van der Waals surface area (Å²) in [6.45, 7) is 17.5. The summed E-state index contributed by atoms with van der Waals surface area (Å²) in [7, 11) is 4.51. The second-order valence-electron chi connectivity index (χ2n) is 16.9. The Morgan fingerprint density at radius 3 is 2.17 bits per heavy atom. The Balaban J connectivity index is 2.17. The van der Waals surface area contributed by atoms with Crippen LogP contribution in [0.25, 0.3) is 0 Å². The molecular weight excluding hydrogens is 708 g/mol. The molecule has 3 saturated heterocycles. The Hall–Kier alpha value is -1.70. The average Bonchev–Trinajstić information content (AvgIpc) is 3.09. The van der Waals surface area contributed by atoms with Crippen LogP contribution in [0.4, 0.5) is 4.79 Å². The van der Waals surface area contributed by atoms with Crippen LogP contribution in [0, 0.1) is 17.8 Å². The first-order chi connectivity index (χ1) is 24.9. The molecule has 0 aromatic rings. The van der Waals surface area contributed by atoms with E-state index in [0.717, 1.165) is 0 Å². The molecule has 0 bridgehead atoms. The van der Waals surface area contributed by atoms with Gasteiger partial charge in [0, 0.05) is 32.0 Å². The van der Waals surface area contributed by atoms with E-state index < -0.39 is 114 Å². The summed E-state index contributed by atoms with van der Waals surface area (Å²) in [6, 6.07) is -1.38. The molecule has 16 nitrogen and oxygen atoms in total. The van der Waals surface area contributed by atoms with Gasteiger partial charge in [0.25, 0.3) is 0 Å². The molecule has 0 aromatic carbocycles.